The van der Waals surface area contributed by atoms with Crippen LogP contribution in [0.5, 0.6) is 5.75 Å². The van der Waals surface area contributed by atoms with Gasteiger partial charge in [-0.15, -0.1) is 0 Å². The average Bonchev–Trinajstić information content (AvgIpc) is 3.52. The normalized spacial score (nSPS) is 15.7. The quantitative estimate of drug-likeness (QED) is 0.498. The molecule has 0 bridgehead atoms. The molecule has 2 heterocycles. The molecule has 0 radical (unpaired) electrons. The fraction of sp³-hybridized carbons (Fsp3) is 0.304. The average molecular weight is 407 g/mol. The molecule has 1 N–H and O–H groups in total. The fourth-order valence-electron chi connectivity index (χ4n) is 3.83. The van der Waals surface area contributed by atoms with Gasteiger partial charge in [-0.1, -0.05) is 0 Å². The van der Waals surface area contributed by atoms with Gasteiger partial charge in [-0.2, -0.15) is 0 Å². The van der Waals surface area contributed by atoms with Crippen LogP contribution >= 0.6 is 0 Å². The van der Waals surface area contributed by atoms with Crippen molar-refractivity contribution >= 4 is 34.5 Å². The van der Waals surface area contributed by atoms with Crippen LogP contribution < -0.4 is 10.1 Å². The lowest BCUT2D eigenvalue weighted by Crippen LogP contribution is -2.18. The molecule has 2 aromatic carbocycles. The zero-order valence-corrected chi connectivity index (χ0v) is 16.7. The second-order valence-corrected chi connectivity index (χ2v) is 7.72. The Kier molecular flexibility index (Phi) is 4.65. The molecule has 2 aliphatic rings. The van der Waals surface area contributed by atoms with Crippen molar-refractivity contribution in [3.63, 3.8) is 0 Å². The van der Waals surface area contributed by atoms with Crippen molar-refractivity contribution < 1.29 is 18.7 Å². The van der Waals surface area contributed by atoms with Crippen LogP contribution in [0.2, 0.25) is 0 Å². The zero-order chi connectivity index (χ0) is 20.7. The summed E-state index contributed by atoms with van der Waals surface area (Å²) in [6, 6.07) is 10.2. The molecule has 1 aliphatic heterocycles. The van der Waals surface area contributed by atoms with Gasteiger partial charge < -0.3 is 19.4 Å². The molecular formula is C23H22FN3O3. The van der Waals surface area contributed by atoms with Crippen molar-refractivity contribution in [2.75, 3.05) is 25.6 Å². The number of hydrogen-bond acceptors (Lipinski definition) is 5. The number of methoxy groups -OCH3 is 1. The smallest absolute Gasteiger partial charge is 0.338 e. The Labute approximate surface area is 173 Å². The molecule has 1 aliphatic carbocycles. The van der Waals surface area contributed by atoms with E-state index in [9.17, 15) is 9.18 Å². The van der Waals surface area contributed by atoms with Crippen LogP contribution in [0.15, 0.2) is 41.4 Å². The maximum Gasteiger partial charge on any atom is 0.338 e. The van der Waals surface area contributed by atoms with E-state index in [1.807, 2.05) is 12.1 Å². The van der Waals surface area contributed by atoms with Gasteiger partial charge in [0.25, 0.3) is 0 Å². The third-order valence-corrected chi connectivity index (χ3v) is 5.53. The van der Waals surface area contributed by atoms with Crippen LogP contribution in [0.25, 0.3) is 10.9 Å². The van der Waals surface area contributed by atoms with Crippen molar-refractivity contribution in [1.82, 2.24) is 4.57 Å². The van der Waals surface area contributed by atoms with Crippen molar-refractivity contribution in [3.05, 3.63) is 53.5 Å². The number of aromatic nitrogens is 1. The van der Waals surface area contributed by atoms with Crippen LogP contribution in [0.1, 0.15) is 28.9 Å². The number of carbonyl (C=O) groups is 1. The van der Waals surface area contributed by atoms with Crippen molar-refractivity contribution in [3.8, 4) is 5.75 Å². The molecule has 1 aromatic heterocycles. The van der Waals surface area contributed by atoms with Gasteiger partial charge in [0.2, 0.25) is 0 Å². The largest absolute Gasteiger partial charge is 0.489 e. The predicted octanol–water partition coefficient (Wildman–Crippen LogP) is 4.53. The van der Waals surface area contributed by atoms with Gasteiger partial charge in [0, 0.05) is 24.0 Å². The summed E-state index contributed by atoms with van der Waals surface area (Å²) in [6.07, 6.45) is 4.20. The number of ether oxygens (including phenoxy) is 2. The molecule has 1 saturated carbocycles. The summed E-state index contributed by atoms with van der Waals surface area (Å²) < 4.78 is 26.5. The highest BCUT2D eigenvalue weighted by molar-refractivity contribution is 5.96. The van der Waals surface area contributed by atoms with Gasteiger partial charge in [-0.3, -0.25) is 4.99 Å². The third kappa shape index (κ3) is 3.51. The van der Waals surface area contributed by atoms with Gasteiger partial charge in [0.1, 0.15) is 23.9 Å². The summed E-state index contributed by atoms with van der Waals surface area (Å²) in [5.41, 5.74) is 3.63. The SMILES string of the molecule is COC(=O)c1cc(N=Cc2cc3cc(F)ccc3n2CC2CC2)c2c(c1)OCCN2. The lowest BCUT2D eigenvalue weighted by Gasteiger charge is -2.21. The molecule has 0 unspecified atom stereocenters. The standard InChI is InChI=1S/C23H22FN3O3/c1-29-23(28)16-10-19(22-21(11-16)30-7-6-25-22)26-12-18-9-15-8-17(24)4-5-20(15)27(18)13-14-2-3-14/h4-5,8-12,14,25H,2-3,6-7,13H2,1H3. The number of esters is 1. The van der Waals surface area contributed by atoms with E-state index in [4.69, 9.17) is 9.47 Å². The molecular weight excluding hydrogens is 385 g/mol. The minimum absolute atomic E-state index is 0.254. The Morgan fingerprint density at radius 3 is 3.00 bits per heavy atom. The summed E-state index contributed by atoms with van der Waals surface area (Å²) in [6.45, 7) is 2.06. The van der Waals surface area contributed by atoms with E-state index < -0.39 is 5.97 Å². The van der Waals surface area contributed by atoms with Gasteiger partial charge in [0.15, 0.2) is 0 Å². The number of aliphatic imine (C=N–C) groups is 1. The predicted molar refractivity (Wildman–Crippen MR) is 114 cm³/mol. The lowest BCUT2D eigenvalue weighted by atomic mass is 10.1. The van der Waals surface area contributed by atoms with Crippen molar-refractivity contribution in [1.29, 1.82) is 0 Å². The van der Waals surface area contributed by atoms with Crippen LogP contribution in [0.4, 0.5) is 15.8 Å². The van der Waals surface area contributed by atoms with E-state index in [0.717, 1.165) is 28.8 Å². The Bertz CT molecular complexity index is 1160. The number of anilines is 1. The Balaban J connectivity index is 1.58. The molecule has 3 aromatic rings. The summed E-state index contributed by atoms with van der Waals surface area (Å²) in [7, 11) is 1.35. The first kappa shape index (κ1) is 18.7. The molecule has 5 rings (SSSR count). The minimum Gasteiger partial charge on any atom is -0.489 e. The number of nitrogens with one attached hydrogen (secondary N) is 1. The van der Waals surface area contributed by atoms with E-state index in [-0.39, 0.29) is 5.82 Å². The van der Waals surface area contributed by atoms with Crippen LogP contribution in [-0.2, 0) is 11.3 Å². The van der Waals surface area contributed by atoms with Gasteiger partial charge in [-0.25, -0.2) is 9.18 Å². The number of fused-ring (bicyclic) bond motifs is 2. The van der Waals surface area contributed by atoms with Crippen LogP contribution in [0.3, 0.4) is 0 Å². The lowest BCUT2D eigenvalue weighted by molar-refractivity contribution is 0.0600. The van der Waals surface area contributed by atoms with Gasteiger partial charge in [0.05, 0.1) is 30.3 Å². The first-order valence-corrected chi connectivity index (χ1v) is 10.1. The minimum atomic E-state index is -0.443. The Morgan fingerprint density at radius 2 is 2.20 bits per heavy atom. The summed E-state index contributed by atoms with van der Waals surface area (Å²) in [5, 5.41) is 4.15. The first-order valence-electron chi connectivity index (χ1n) is 10.1. The van der Waals surface area contributed by atoms with Crippen molar-refractivity contribution in [2.45, 2.75) is 19.4 Å². The second kappa shape index (κ2) is 7.48. The summed E-state index contributed by atoms with van der Waals surface area (Å²) >= 11 is 0. The number of nitrogens with zero attached hydrogens (tertiary/aromatic N) is 2. The molecule has 30 heavy (non-hydrogen) atoms. The number of benzene rings is 2. The number of carbonyl (C=O) groups excluding carboxylic acids is 1. The molecule has 6 nitrogen and oxygen atoms in total. The van der Waals surface area contributed by atoms with Gasteiger partial charge in [-0.05, 0) is 55.2 Å². The summed E-state index contributed by atoms with van der Waals surface area (Å²) in [4.78, 5) is 16.8. The molecule has 0 atom stereocenters. The van der Waals surface area contributed by atoms with E-state index in [1.54, 1.807) is 24.4 Å². The maximum absolute atomic E-state index is 13.7. The maximum atomic E-state index is 13.7. The topological polar surface area (TPSA) is 64.8 Å². The van der Waals surface area contributed by atoms with E-state index >= 15 is 0 Å². The third-order valence-electron chi connectivity index (χ3n) is 5.53. The van der Waals surface area contributed by atoms with Crippen LogP contribution in [0, 0.1) is 11.7 Å². The molecule has 0 saturated heterocycles. The highest BCUT2D eigenvalue weighted by Gasteiger charge is 2.24. The summed E-state index contributed by atoms with van der Waals surface area (Å²) in [5.74, 6) is 0.540. The number of halogens is 1. The zero-order valence-electron chi connectivity index (χ0n) is 16.7. The van der Waals surface area contributed by atoms with Crippen molar-refractivity contribution in [2.24, 2.45) is 10.9 Å². The van der Waals surface area contributed by atoms with E-state index in [1.165, 1.54) is 26.0 Å². The second-order valence-electron chi connectivity index (χ2n) is 7.72. The highest BCUT2D eigenvalue weighted by Crippen LogP contribution is 2.38. The number of rotatable bonds is 5. The Hall–Kier alpha value is -3.35. The van der Waals surface area contributed by atoms with E-state index in [0.29, 0.717) is 36.1 Å². The monoisotopic (exact) mass is 407 g/mol. The molecule has 0 spiro atoms. The molecule has 1 fully saturated rings. The van der Waals surface area contributed by atoms with E-state index in [2.05, 4.69) is 14.9 Å². The van der Waals surface area contributed by atoms with Crippen LogP contribution in [-0.4, -0.2) is 37.0 Å². The number of hydrogen-bond donors (Lipinski definition) is 1. The Morgan fingerprint density at radius 1 is 1.33 bits per heavy atom. The highest BCUT2D eigenvalue weighted by atomic mass is 19.1. The van der Waals surface area contributed by atoms with Gasteiger partial charge >= 0.3 is 5.97 Å². The molecule has 154 valence electrons. The molecule has 7 heteroatoms. The fourth-order valence-corrected chi connectivity index (χ4v) is 3.83. The molecule has 0 amide bonds. The first-order chi connectivity index (χ1) is 14.6.